The lowest BCUT2D eigenvalue weighted by Crippen LogP contribution is -2.49. The van der Waals surface area contributed by atoms with Crippen LogP contribution in [-0.2, 0) is 11.2 Å². The van der Waals surface area contributed by atoms with Crippen LogP contribution in [-0.4, -0.2) is 61.9 Å². The lowest BCUT2D eigenvalue weighted by atomic mass is 10.1. The zero-order chi connectivity index (χ0) is 21.9. The van der Waals surface area contributed by atoms with Crippen LogP contribution in [0.5, 0.6) is 0 Å². The highest BCUT2D eigenvalue weighted by Gasteiger charge is 2.23. The van der Waals surface area contributed by atoms with E-state index in [1.165, 1.54) is 0 Å². The first kappa shape index (κ1) is 20.1. The summed E-state index contributed by atoms with van der Waals surface area (Å²) in [6.07, 6.45) is 8.19. The van der Waals surface area contributed by atoms with Gasteiger partial charge in [0.2, 0.25) is 5.91 Å². The Morgan fingerprint density at radius 3 is 2.69 bits per heavy atom. The topological polar surface area (TPSA) is 90.9 Å². The van der Waals surface area contributed by atoms with Crippen LogP contribution < -0.4 is 4.90 Å². The van der Waals surface area contributed by atoms with Gasteiger partial charge in [0.15, 0.2) is 0 Å². The van der Waals surface area contributed by atoms with Gasteiger partial charge in [0.25, 0.3) is 0 Å². The predicted octanol–water partition coefficient (Wildman–Crippen LogP) is 3.00. The van der Waals surface area contributed by atoms with Crippen LogP contribution in [0.15, 0.2) is 55.2 Å². The SMILES string of the molecule is Cc1ccc(CCC(=O)N2CCN(c3ncnc4[nH]c(-c5cccnc5)cc34)CC2)nc1. The molecule has 1 saturated heterocycles. The fraction of sp³-hybridized carbons (Fsp3) is 0.292. The van der Waals surface area contributed by atoms with Crippen molar-refractivity contribution in [1.82, 2.24) is 29.8 Å². The molecule has 1 aliphatic heterocycles. The van der Waals surface area contributed by atoms with Gasteiger partial charge in [0.1, 0.15) is 17.8 Å². The summed E-state index contributed by atoms with van der Waals surface area (Å²) < 4.78 is 0. The van der Waals surface area contributed by atoms with Gasteiger partial charge in [-0.15, -0.1) is 0 Å². The average molecular weight is 428 g/mol. The molecule has 1 amide bonds. The van der Waals surface area contributed by atoms with Crippen molar-refractivity contribution in [3.05, 3.63) is 66.5 Å². The van der Waals surface area contributed by atoms with Gasteiger partial charge in [-0.1, -0.05) is 6.07 Å². The number of rotatable bonds is 5. The highest BCUT2D eigenvalue weighted by molar-refractivity contribution is 5.92. The Balaban J connectivity index is 1.24. The fourth-order valence-electron chi connectivity index (χ4n) is 4.06. The molecule has 0 aliphatic carbocycles. The molecule has 5 heterocycles. The van der Waals surface area contributed by atoms with E-state index in [1.54, 1.807) is 12.5 Å². The molecular formula is C24H25N7O. The van der Waals surface area contributed by atoms with E-state index in [4.69, 9.17) is 0 Å². The van der Waals surface area contributed by atoms with Crippen LogP contribution in [0.2, 0.25) is 0 Å². The van der Waals surface area contributed by atoms with Gasteiger partial charge in [-0.25, -0.2) is 9.97 Å². The third-order valence-corrected chi connectivity index (χ3v) is 5.88. The second kappa shape index (κ2) is 8.74. The van der Waals surface area contributed by atoms with E-state index in [0.717, 1.165) is 52.5 Å². The number of nitrogens with zero attached hydrogens (tertiary/aromatic N) is 6. The van der Waals surface area contributed by atoms with E-state index in [1.807, 2.05) is 48.5 Å². The first-order valence-electron chi connectivity index (χ1n) is 10.9. The molecule has 0 atom stereocenters. The van der Waals surface area contributed by atoms with Crippen LogP contribution in [0, 0.1) is 6.92 Å². The summed E-state index contributed by atoms with van der Waals surface area (Å²) in [5.41, 5.74) is 4.87. The van der Waals surface area contributed by atoms with Gasteiger partial charge in [-0.2, -0.15) is 0 Å². The number of hydrogen-bond donors (Lipinski definition) is 1. The third kappa shape index (κ3) is 4.16. The van der Waals surface area contributed by atoms with E-state index >= 15 is 0 Å². The number of anilines is 1. The molecule has 32 heavy (non-hydrogen) atoms. The van der Waals surface area contributed by atoms with E-state index in [0.29, 0.717) is 25.9 Å². The molecule has 8 nitrogen and oxygen atoms in total. The normalized spacial score (nSPS) is 14.2. The first-order chi connectivity index (χ1) is 15.7. The molecule has 1 fully saturated rings. The van der Waals surface area contributed by atoms with Crippen molar-refractivity contribution in [3.8, 4) is 11.3 Å². The van der Waals surface area contributed by atoms with Crippen LogP contribution in [0.3, 0.4) is 0 Å². The third-order valence-electron chi connectivity index (χ3n) is 5.88. The molecule has 0 saturated carbocycles. The lowest BCUT2D eigenvalue weighted by molar-refractivity contribution is -0.131. The summed E-state index contributed by atoms with van der Waals surface area (Å²) in [7, 11) is 0. The maximum absolute atomic E-state index is 12.7. The number of hydrogen-bond acceptors (Lipinski definition) is 6. The molecule has 0 aromatic carbocycles. The predicted molar refractivity (Wildman–Crippen MR) is 123 cm³/mol. The van der Waals surface area contributed by atoms with Gasteiger partial charge >= 0.3 is 0 Å². The summed E-state index contributed by atoms with van der Waals surface area (Å²) in [6.45, 7) is 4.87. The molecule has 4 aromatic heterocycles. The Labute approximate surface area is 186 Å². The molecule has 0 spiro atoms. The molecule has 0 unspecified atom stereocenters. The Morgan fingerprint density at radius 2 is 1.94 bits per heavy atom. The largest absolute Gasteiger partial charge is 0.352 e. The number of H-pyrrole nitrogens is 1. The van der Waals surface area contributed by atoms with Crippen molar-refractivity contribution in [1.29, 1.82) is 0 Å². The smallest absolute Gasteiger partial charge is 0.223 e. The number of pyridine rings is 2. The van der Waals surface area contributed by atoms with Gasteiger partial charge < -0.3 is 14.8 Å². The number of aryl methyl sites for hydroxylation is 2. The number of aromatic nitrogens is 5. The lowest BCUT2D eigenvalue weighted by Gasteiger charge is -2.35. The summed E-state index contributed by atoms with van der Waals surface area (Å²) in [6, 6.07) is 10.0. The molecule has 4 aromatic rings. The molecule has 1 aliphatic rings. The average Bonchev–Trinajstić information content (AvgIpc) is 3.29. The Morgan fingerprint density at radius 1 is 1.06 bits per heavy atom. The van der Waals surface area contributed by atoms with E-state index in [-0.39, 0.29) is 5.91 Å². The minimum atomic E-state index is 0.181. The minimum Gasteiger partial charge on any atom is -0.352 e. The second-order valence-corrected chi connectivity index (χ2v) is 8.08. The van der Waals surface area contributed by atoms with E-state index in [9.17, 15) is 4.79 Å². The number of aromatic amines is 1. The van der Waals surface area contributed by atoms with E-state index in [2.05, 4.69) is 35.9 Å². The molecule has 1 N–H and O–H groups in total. The monoisotopic (exact) mass is 427 g/mol. The number of piperazine rings is 1. The van der Waals surface area contributed by atoms with Crippen molar-refractivity contribution in [2.75, 3.05) is 31.1 Å². The number of fused-ring (bicyclic) bond motifs is 1. The standard InChI is InChI=1S/C24H25N7O/c1-17-4-5-19(26-14-17)6-7-22(32)30-9-11-31(12-10-30)24-20-13-21(18-3-2-8-25-15-18)29-23(20)27-16-28-24/h2-5,8,13-16H,6-7,9-12H2,1H3,(H,27,28,29). The fourth-order valence-corrected chi connectivity index (χ4v) is 4.06. The molecule has 8 heteroatoms. The Hall–Kier alpha value is -3.81. The van der Waals surface area contributed by atoms with Gasteiger partial charge in [-0.3, -0.25) is 14.8 Å². The zero-order valence-electron chi connectivity index (χ0n) is 18.0. The zero-order valence-corrected chi connectivity index (χ0v) is 18.0. The molecule has 162 valence electrons. The summed E-state index contributed by atoms with van der Waals surface area (Å²) in [5, 5.41) is 0.983. The maximum atomic E-state index is 12.7. The number of carbonyl (C=O) groups excluding carboxylic acids is 1. The van der Waals surface area contributed by atoms with Crippen LogP contribution in [0.1, 0.15) is 17.7 Å². The molecule has 5 rings (SSSR count). The highest BCUT2D eigenvalue weighted by atomic mass is 16.2. The molecule has 0 bridgehead atoms. The number of nitrogens with one attached hydrogen (secondary N) is 1. The molecular weight excluding hydrogens is 402 g/mol. The second-order valence-electron chi connectivity index (χ2n) is 8.08. The summed E-state index contributed by atoms with van der Waals surface area (Å²) in [4.78, 5) is 37.8. The highest BCUT2D eigenvalue weighted by Crippen LogP contribution is 2.29. The quantitative estimate of drug-likeness (QED) is 0.527. The van der Waals surface area contributed by atoms with Gasteiger partial charge in [0, 0.05) is 68.1 Å². The Kier molecular flexibility index (Phi) is 5.49. The Bertz CT molecular complexity index is 1210. The summed E-state index contributed by atoms with van der Waals surface area (Å²) in [5.74, 6) is 1.08. The number of amides is 1. The van der Waals surface area contributed by atoms with E-state index < -0.39 is 0 Å². The maximum Gasteiger partial charge on any atom is 0.223 e. The van der Waals surface area contributed by atoms with Crippen molar-refractivity contribution in [3.63, 3.8) is 0 Å². The van der Waals surface area contributed by atoms with Gasteiger partial charge in [-0.05, 0) is 43.2 Å². The first-order valence-corrected chi connectivity index (χ1v) is 10.9. The van der Waals surface area contributed by atoms with Crippen LogP contribution in [0.25, 0.3) is 22.3 Å². The van der Waals surface area contributed by atoms with Crippen LogP contribution >= 0.6 is 0 Å². The van der Waals surface area contributed by atoms with Crippen molar-refractivity contribution < 1.29 is 4.79 Å². The van der Waals surface area contributed by atoms with Crippen molar-refractivity contribution >= 4 is 22.8 Å². The van der Waals surface area contributed by atoms with Gasteiger partial charge in [0.05, 0.1) is 5.39 Å². The molecule has 0 radical (unpaired) electrons. The van der Waals surface area contributed by atoms with Crippen molar-refractivity contribution in [2.45, 2.75) is 19.8 Å². The summed E-state index contributed by atoms with van der Waals surface area (Å²) >= 11 is 0. The van der Waals surface area contributed by atoms with Crippen LogP contribution in [0.4, 0.5) is 5.82 Å². The number of carbonyl (C=O) groups is 1. The minimum absolute atomic E-state index is 0.181. The van der Waals surface area contributed by atoms with Crippen molar-refractivity contribution in [2.24, 2.45) is 0 Å².